The first-order valence-corrected chi connectivity index (χ1v) is 8.74. The molecule has 27 heavy (non-hydrogen) atoms. The number of hydrogen-bond acceptors (Lipinski definition) is 4. The first-order chi connectivity index (χ1) is 12.9. The van der Waals surface area contributed by atoms with Gasteiger partial charge in [-0.3, -0.25) is 14.5 Å². The zero-order valence-corrected chi connectivity index (χ0v) is 15.4. The van der Waals surface area contributed by atoms with Crippen molar-refractivity contribution in [3.63, 3.8) is 0 Å². The Morgan fingerprint density at radius 3 is 2.44 bits per heavy atom. The first-order valence-electron chi connectivity index (χ1n) is 8.74. The minimum Gasteiger partial charge on any atom is -0.492 e. The highest BCUT2D eigenvalue weighted by molar-refractivity contribution is 6.22. The number of para-hydroxylation sites is 2. The molecule has 0 saturated carbocycles. The number of rotatable bonds is 5. The zero-order chi connectivity index (χ0) is 19.6. The molecule has 0 radical (unpaired) electrons. The number of anilines is 2. The van der Waals surface area contributed by atoms with E-state index in [4.69, 9.17) is 4.74 Å². The first kappa shape index (κ1) is 18.4. The Morgan fingerprint density at radius 1 is 1.04 bits per heavy atom. The number of amides is 4. The fourth-order valence-electron chi connectivity index (χ4n) is 2.94. The van der Waals surface area contributed by atoms with Gasteiger partial charge in [0.1, 0.15) is 5.75 Å². The Labute approximate surface area is 157 Å². The van der Waals surface area contributed by atoms with E-state index in [0.29, 0.717) is 34.9 Å². The van der Waals surface area contributed by atoms with E-state index in [0.717, 1.165) is 0 Å². The van der Waals surface area contributed by atoms with Crippen molar-refractivity contribution in [2.75, 3.05) is 17.2 Å². The van der Waals surface area contributed by atoms with Crippen LogP contribution < -0.4 is 15.4 Å². The highest BCUT2D eigenvalue weighted by Gasteiger charge is 2.37. The molecule has 4 amide bonds. The molecule has 0 aromatic heterocycles. The molecule has 0 aliphatic carbocycles. The third kappa shape index (κ3) is 3.62. The van der Waals surface area contributed by atoms with E-state index in [2.05, 4.69) is 10.6 Å². The Kier molecular flexibility index (Phi) is 5.12. The van der Waals surface area contributed by atoms with E-state index in [1.807, 2.05) is 13.0 Å². The van der Waals surface area contributed by atoms with Crippen LogP contribution in [-0.2, 0) is 0 Å². The molecule has 2 aromatic rings. The lowest BCUT2D eigenvalue weighted by Gasteiger charge is -2.17. The summed E-state index contributed by atoms with van der Waals surface area (Å²) >= 11 is 0. The van der Waals surface area contributed by atoms with Crippen molar-refractivity contribution in [2.45, 2.75) is 26.8 Å². The largest absolute Gasteiger partial charge is 0.492 e. The lowest BCUT2D eigenvalue weighted by molar-refractivity contribution is 0.0609. The average Bonchev–Trinajstić information content (AvgIpc) is 2.87. The van der Waals surface area contributed by atoms with Crippen LogP contribution in [0.5, 0.6) is 5.75 Å². The quantitative estimate of drug-likeness (QED) is 0.788. The van der Waals surface area contributed by atoms with E-state index in [-0.39, 0.29) is 17.9 Å². The summed E-state index contributed by atoms with van der Waals surface area (Å²) in [5.41, 5.74) is 1.60. The summed E-state index contributed by atoms with van der Waals surface area (Å²) in [6, 6.07) is 11.1. The number of fused-ring (bicyclic) bond motifs is 1. The van der Waals surface area contributed by atoms with E-state index in [1.165, 1.54) is 11.0 Å². The minimum absolute atomic E-state index is 0.229. The summed E-state index contributed by atoms with van der Waals surface area (Å²) in [7, 11) is 0. The monoisotopic (exact) mass is 367 g/mol. The van der Waals surface area contributed by atoms with Crippen LogP contribution in [0.25, 0.3) is 0 Å². The molecule has 0 saturated heterocycles. The molecule has 0 atom stereocenters. The number of hydrogen-bond donors (Lipinski definition) is 2. The molecule has 1 aliphatic heterocycles. The van der Waals surface area contributed by atoms with Crippen LogP contribution in [-0.4, -0.2) is 35.4 Å². The van der Waals surface area contributed by atoms with Crippen LogP contribution in [0.2, 0.25) is 0 Å². The molecule has 0 spiro atoms. The predicted octanol–water partition coefficient (Wildman–Crippen LogP) is 3.73. The number of nitrogens with one attached hydrogen (secondary N) is 2. The number of carbonyl (C=O) groups is 3. The summed E-state index contributed by atoms with van der Waals surface area (Å²) in [4.78, 5) is 38.3. The molecule has 1 heterocycles. The number of carbonyl (C=O) groups excluding carboxylic acids is 3. The SMILES string of the molecule is CCOc1ccccc1NC(=O)Nc1ccc2c(c1)C(=O)N(C(C)C)C2=O. The van der Waals surface area contributed by atoms with Gasteiger partial charge in [-0.05, 0) is 51.1 Å². The zero-order valence-electron chi connectivity index (χ0n) is 15.4. The molecule has 7 nitrogen and oxygen atoms in total. The van der Waals surface area contributed by atoms with E-state index < -0.39 is 6.03 Å². The topological polar surface area (TPSA) is 87.7 Å². The molecule has 140 valence electrons. The van der Waals surface area contributed by atoms with Gasteiger partial charge in [-0.2, -0.15) is 0 Å². The lowest BCUT2D eigenvalue weighted by atomic mass is 10.1. The second-order valence-corrected chi connectivity index (χ2v) is 6.34. The smallest absolute Gasteiger partial charge is 0.323 e. The van der Waals surface area contributed by atoms with Gasteiger partial charge in [0.2, 0.25) is 0 Å². The fourth-order valence-corrected chi connectivity index (χ4v) is 2.94. The maximum atomic E-state index is 12.5. The van der Waals surface area contributed by atoms with Gasteiger partial charge >= 0.3 is 6.03 Å². The third-order valence-corrected chi connectivity index (χ3v) is 4.13. The van der Waals surface area contributed by atoms with Gasteiger partial charge in [-0.25, -0.2) is 4.79 Å². The van der Waals surface area contributed by atoms with Crippen molar-refractivity contribution in [1.82, 2.24) is 4.90 Å². The second-order valence-electron chi connectivity index (χ2n) is 6.34. The van der Waals surface area contributed by atoms with Gasteiger partial charge < -0.3 is 15.4 Å². The summed E-state index contributed by atoms with van der Waals surface area (Å²) < 4.78 is 5.48. The van der Waals surface area contributed by atoms with Crippen LogP contribution in [0.4, 0.5) is 16.2 Å². The Hall–Kier alpha value is -3.35. The molecular weight excluding hydrogens is 346 g/mol. The minimum atomic E-state index is -0.473. The Morgan fingerprint density at radius 2 is 1.74 bits per heavy atom. The van der Waals surface area contributed by atoms with Gasteiger partial charge in [0.05, 0.1) is 23.4 Å². The highest BCUT2D eigenvalue weighted by atomic mass is 16.5. The van der Waals surface area contributed by atoms with Gasteiger partial charge in [0.25, 0.3) is 11.8 Å². The van der Waals surface area contributed by atoms with Gasteiger partial charge in [-0.15, -0.1) is 0 Å². The third-order valence-electron chi connectivity index (χ3n) is 4.13. The van der Waals surface area contributed by atoms with Crippen LogP contribution in [0.1, 0.15) is 41.5 Å². The Bertz CT molecular complexity index is 908. The van der Waals surface area contributed by atoms with Crippen molar-refractivity contribution in [1.29, 1.82) is 0 Å². The maximum Gasteiger partial charge on any atom is 0.323 e. The summed E-state index contributed by atoms with van der Waals surface area (Å²) in [6.45, 7) is 5.90. The molecule has 2 aromatic carbocycles. The maximum absolute atomic E-state index is 12.5. The summed E-state index contributed by atoms with van der Waals surface area (Å²) in [6.07, 6.45) is 0. The number of nitrogens with zero attached hydrogens (tertiary/aromatic N) is 1. The number of urea groups is 1. The van der Waals surface area contributed by atoms with Crippen LogP contribution in [0, 0.1) is 0 Å². The number of ether oxygens (including phenoxy) is 1. The number of benzene rings is 2. The van der Waals surface area contributed by atoms with Crippen LogP contribution >= 0.6 is 0 Å². The van der Waals surface area contributed by atoms with E-state index in [1.54, 1.807) is 44.2 Å². The molecule has 2 N–H and O–H groups in total. The lowest BCUT2D eigenvalue weighted by Crippen LogP contribution is -2.35. The van der Waals surface area contributed by atoms with E-state index >= 15 is 0 Å². The fraction of sp³-hybridized carbons (Fsp3) is 0.250. The predicted molar refractivity (Wildman–Crippen MR) is 102 cm³/mol. The normalized spacial score (nSPS) is 13.0. The van der Waals surface area contributed by atoms with E-state index in [9.17, 15) is 14.4 Å². The van der Waals surface area contributed by atoms with Gasteiger partial charge in [0.15, 0.2) is 0 Å². The van der Waals surface area contributed by atoms with Gasteiger partial charge in [0, 0.05) is 11.7 Å². The molecule has 0 bridgehead atoms. The van der Waals surface area contributed by atoms with Crippen molar-refractivity contribution >= 4 is 29.2 Å². The van der Waals surface area contributed by atoms with Crippen LogP contribution in [0.15, 0.2) is 42.5 Å². The second kappa shape index (κ2) is 7.49. The molecule has 0 fully saturated rings. The van der Waals surface area contributed by atoms with Gasteiger partial charge in [-0.1, -0.05) is 12.1 Å². The average molecular weight is 367 g/mol. The highest BCUT2D eigenvalue weighted by Crippen LogP contribution is 2.28. The Balaban J connectivity index is 1.76. The van der Waals surface area contributed by atoms with Crippen molar-refractivity contribution in [2.24, 2.45) is 0 Å². The number of imide groups is 1. The summed E-state index contributed by atoms with van der Waals surface area (Å²) in [5, 5.41) is 5.40. The molecular formula is C20H21N3O4. The molecule has 0 unspecified atom stereocenters. The molecule has 1 aliphatic rings. The van der Waals surface area contributed by atoms with Crippen molar-refractivity contribution in [3.05, 3.63) is 53.6 Å². The summed E-state index contributed by atoms with van der Waals surface area (Å²) in [5.74, 6) is -0.0974. The van der Waals surface area contributed by atoms with Crippen LogP contribution in [0.3, 0.4) is 0 Å². The standard InChI is InChI=1S/C20H21N3O4/c1-4-27-17-8-6-5-7-16(17)22-20(26)21-13-9-10-14-15(11-13)19(25)23(12(2)3)18(14)24/h5-12H,4H2,1-3H3,(H2,21,22,26). The van der Waals surface area contributed by atoms with Crippen molar-refractivity contribution < 1.29 is 19.1 Å². The van der Waals surface area contributed by atoms with Crippen molar-refractivity contribution in [3.8, 4) is 5.75 Å². The molecule has 3 rings (SSSR count). The molecule has 7 heteroatoms.